The second-order valence-corrected chi connectivity index (χ2v) is 7.23. The summed E-state index contributed by atoms with van der Waals surface area (Å²) in [6.45, 7) is 4.39. The fourth-order valence-electron chi connectivity index (χ4n) is 3.84. The van der Waals surface area contributed by atoms with Crippen LogP contribution in [0.3, 0.4) is 0 Å². The normalized spacial score (nSPS) is 19.0. The Bertz CT molecular complexity index is 937. The van der Waals surface area contributed by atoms with Gasteiger partial charge < -0.3 is 14.4 Å². The van der Waals surface area contributed by atoms with Crippen molar-refractivity contribution in [2.75, 3.05) is 7.11 Å². The number of nitro benzene ring substituents is 1. The van der Waals surface area contributed by atoms with Crippen LogP contribution in [0.25, 0.3) is 0 Å². The lowest BCUT2D eigenvalue weighted by atomic mass is 10.1. The van der Waals surface area contributed by atoms with Gasteiger partial charge in [-0.3, -0.25) is 14.9 Å². The number of amides is 1. The highest BCUT2D eigenvalue weighted by atomic mass is 16.6. The Morgan fingerprint density at radius 3 is 2.42 bits per heavy atom. The Kier molecular flexibility index (Phi) is 7.41. The zero-order valence-electron chi connectivity index (χ0n) is 18.1. The second kappa shape index (κ2) is 10.2. The van der Waals surface area contributed by atoms with Gasteiger partial charge in [0, 0.05) is 23.4 Å². The standard InChI is InChI=1S/C22H22N2O5.C2H6/c1-28-18-8-2-15(3-9-18)14-23(20-12-10-19-11-13-21(20)29-19)22(25)16-4-6-17(7-5-16)24(26)27;1-2/h2-9,12,19,21H,10-11,13-14H2,1H3;1-2H3. The van der Waals surface area contributed by atoms with Gasteiger partial charge >= 0.3 is 0 Å². The van der Waals surface area contributed by atoms with Crippen LogP contribution in [0.15, 0.2) is 60.3 Å². The smallest absolute Gasteiger partial charge is 0.269 e. The molecule has 4 rings (SSSR count). The van der Waals surface area contributed by atoms with E-state index in [1.165, 1.54) is 24.3 Å². The summed E-state index contributed by atoms with van der Waals surface area (Å²) in [6.07, 6.45) is 4.92. The topological polar surface area (TPSA) is 81.9 Å². The molecular formula is C24H28N2O5. The Morgan fingerprint density at radius 2 is 1.81 bits per heavy atom. The molecule has 2 unspecified atom stereocenters. The monoisotopic (exact) mass is 424 g/mol. The van der Waals surface area contributed by atoms with E-state index < -0.39 is 4.92 Å². The number of hydrogen-bond donors (Lipinski definition) is 0. The number of ether oxygens (including phenoxy) is 2. The van der Waals surface area contributed by atoms with E-state index in [9.17, 15) is 14.9 Å². The predicted octanol–water partition coefficient (Wildman–Crippen LogP) is 5.11. The van der Waals surface area contributed by atoms with Gasteiger partial charge in [-0.15, -0.1) is 0 Å². The Balaban J connectivity index is 0.00000132. The molecule has 0 aromatic heterocycles. The van der Waals surface area contributed by atoms with Crippen molar-refractivity contribution < 1.29 is 19.2 Å². The van der Waals surface area contributed by atoms with Crippen LogP contribution >= 0.6 is 0 Å². The molecule has 0 spiro atoms. The van der Waals surface area contributed by atoms with Crippen molar-refractivity contribution in [2.45, 2.75) is 51.9 Å². The molecule has 0 radical (unpaired) electrons. The van der Waals surface area contributed by atoms with Gasteiger partial charge in [0.2, 0.25) is 0 Å². The maximum absolute atomic E-state index is 13.4. The summed E-state index contributed by atoms with van der Waals surface area (Å²) < 4.78 is 11.2. The number of fused-ring (bicyclic) bond motifs is 2. The largest absolute Gasteiger partial charge is 0.497 e. The lowest BCUT2D eigenvalue weighted by Gasteiger charge is -2.32. The second-order valence-electron chi connectivity index (χ2n) is 7.23. The molecule has 164 valence electrons. The van der Waals surface area contributed by atoms with Crippen LogP contribution in [0.2, 0.25) is 0 Å². The summed E-state index contributed by atoms with van der Waals surface area (Å²) in [7, 11) is 1.61. The van der Waals surface area contributed by atoms with E-state index in [1.54, 1.807) is 12.0 Å². The summed E-state index contributed by atoms with van der Waals surface area (Å²) in [5.74, 6) is 0.553. The quantitative estimate of drug-likeness (QED) is 0.476. The van der Waals surface area contributed by atoms with Gasteiger partial charge in [0.15, 0.2) is 0 Å². The molecule has 0 aliphatic carbocycles. The summed E-state index contributed by atoms with van der Waals surface area (Å²) in [5, 5.41) is 10.9. The average molecular weight is 424 g/mol. The van der Waals surface area contributed by atoms with Crippen LogP contribution in [-0.2, 0) is 11.3 Å². The fourth-order valence-corrected chi connectivity index (χ4v) is 3.84. The number of nitrogens with zero attached hydrogens (tertiary/aromatic N) is 2. The van der Waals surface area contributed by atoms with Crippen molar-refractivity contribution in [3.05, 3.63) is 81.5 Å². The van der Waals surface area contributed by atoms with Crippen molar-refractivity contribution >= 4 is 11.6 Å². The lowest BCUT2D eigenvalue weighted by Crippen LogP contribution is -2.36. The third-order valence-electron chi connectivity index (χ3n) is 5.41. The van der Waals surface area contributed by atoms with Crippen LogP contribution in [0, 0.1) is 10.1 Å². The van der Waals surface area contributed by atoms with E-state index in [0.717, 1.165) is 36.3 Å². The first-order chi connectivity index (χ1) is 15.0. The fraction of sp³-hybridized carbons (Fsp3) is 0.375. The number of carbonyl (C=O) groups excluding carboxylic acids is 1. The minimum Gasteiger partial charge on any atom is -0.497 e. The van der Waals surface area contributed by atoms with Gasteiger partial charge in [0.1, 0.15) is 5.75 Å². The van der Waals surface area contributed by atoms with Crippen molar-refractivity contribution in [1.29, 1.82) is 0 Å². The number of hydrogen-bond acceptors (Lipinski definition) is 5. The molecule has 0 saturated carbocycles. The van der Waals surface area contributed by atoms with E-state index in [0.29, 0.717) is 12.1 Å². The van der Waals surface area contributed by atoms with Crippen LogP contribution < -0.4 is 4.74 Å². The number of methoxy groups -OCH3 is 1. The minimum absolute atomic E-state index is 0.0397. The first-order valence-electron chi connectivity index (χ1n) is 10.6. The van der Waals surface area contributed by atoms with Gasteiger partial charge in [-0.2, -0.15) is 0 Å². The lowest BCUT2D eigenvalue weighted by molar-refractivity contribution is -0.384. The van der Waals surface area contributed by atoms with Crippen LogP contribution in [-0.4, -0.2) is 35.0 Å². The van der Waals surface area contributed by atoms with Crippen LogP contribution in [0.4, 0.5) is 5.69 Å². The van der Waals surface area contributed by atoms with Gasteiger partial charge in [-0.05, 0) is 49.1 Å². The molecule has 31 heavy (non-hydrogen) atoms. The SMILES string of the molecule is CC.COc1ccc(CN(C(=O)c2ccc([N+](=O)[O-])cc2)C2=CCC3CCC2O3)cc1. The Morgan fingerprint density at radius 1 is 1.13 bits per heavy atom. The van der Waals surface area contributed by atoms with Crippen molar-refractivity contribution in [3.63, 3.8) is 0 Å². The maximum Gasteiger partial charge on any atom is 0.269 e. The van der Waals surface area contributed by atoms with Crippen molar-refractivity contribution in [2.24, 2.45) is 0 Å². The van der Waals surface area contributed by atoms with Gasteiger partial charge in [0.05, 0.1) is 30.8 Å². The zero-order chi connectivity index (χ0) is 22.4. The van der Waals surface area contributed by atoms with E-state index >= 15 is 0 Å². The number of nitro groups is 1. The third-order valence-corrected chi connectivity index (χ3v) is 5.41. The summed E-state index contributed by atoms with van der Waals surface area (Å²) in [5.41, 5.74) is 2.20. The predicted molar refractivity (Wildman–Crippen MR) is 118 cm³/mol. The van der Waals surface area contributed by atoms with Crippen molar-refractivity contribution in [1.82, 2.24) is 4.90 Å². The molecule has 1 saturated heterocycles. The molecule has 2 bridgehead atoms. The summed E-state index contributed by atoms with van der Waals surface area (Å²) in [4.78, 5) is 25.5. The first kappa shape index (κ1) is 22.5. The molecule has 7 heteroatoms. The molecular weight excluding hydrogens is 396 g/mol. The van der Waals surface area contributed by atoms with Gasteiger partial charge in [0.25, 0.3) is 11.6 Å². The van der Waals surface area contributed by atoms with E-state index in [2.05, 4.69) is 6.08 Å². The first-order valence-corrected chi connectivity index (χ1v) is 10.6. The molecule has 2 aromatic carbocycles. The molecule has 1 fully saturated rings. The van der Waals surface area contributed by atoms with Crippen LogP contribution in [0.5, 0.6) is 5.75 Å². The Hall–Kier alpha value is -3.19. The molecule has 2 heterocycles. The maximum atomic E-state index is 13.4. The number of carbonyl (C=O) groups is 1. The van der Waals surface area contributed by atoms with Crippen molar-refractivity contribution in [3.8, 4) is 5.75 Å². The number of benzene rings is 2. The number of rotatable bonds is 6. The zero-order valence-corrected chi connectivity index (χ0v) is 18.1. The highest BCUT2D eigenvalue weighted by Gasteiger charge is 2.36. The summed E-state index contributed by atoms with van der Waals surface area (Å²) in [6, 6.07) is 13.3. The molecule has 2 aliphatic rings. The van der Waals surface area contributed by atoms with Gasteiger partial charge in [-0.25, -0.2) is 0 Å². The highest BCUT2D eigenvalue weighted by molar-refractivity contribution is 5.95. The van der Waals surface area contributed by atoms with Gasteiger partial charge in [-0.1, -0.05) is 32.1 Å². The van der Waals surface area contributed by atoms with E-state index in [1.807, 2.05) is 38.1 Å². The highest BCUT2D eigenvalue weighted by Crippen LogP contribution is 2.35. The molecule has 1 amide bonds. The third kappa shape index (κ3) is 5.11. The van der Waals surface area contributed by atoms with Crippen LogP contribution in [0.1, 0.15) is 49.0 Å². The molecule has 7 nitrogen and oxygen atoms in total. The number of non-ortho nitro benzene ring substituents is 1. The average Bonchev–Trinajstić information content (AvgIpc) is 3.20. The summed E-state index contributed by atoms with van der Waals surface area (Å²) >= 11 is 0. The van der Waals surface area contributed by atoms with E-state index in [-0.39, 0.29) is 23.8 Å². The molecule has 2 aromatic rings. The Labute approximate surface area is 182 Å². The molecule has 2 aliphatic heterocycles. The molecule has 2 atom stereocenters. The van der Waals surface area contributed by atoms with E-state index in [4.69, 9.17) is 9.47 Å². The minimum atomic E-state index is -0.473. The molecule has 0 N–H and O–H groups in total.